The molecule has 0 radical (unpaired) electrons. The van der Waals surface area contributed by atoms with Crippen LogP contribution in [0.2, 0.25) is 0 Å². The zero-order valence-corrected chi connectivity index (χ0v) is 23.0. The molecule has 0 saturated carbocycles. The molecule has 36 heavy (non-hydrogen) atoms. The summed E-state index contributed by atoms with van der Waals surface area (Å²) in [6.45, 7) is 15.5. The molecule has 5 rings (SSSR count). The standard InChI is InChI=1S/C33H41NO2/c1-19(2)9-8-15-33(7)16-14-25-30-27(18-22(6)32(25)36-33)24-12-13-28(35)29(31(24)34-30)26-17-21(5)10-11-23(26)20(3)4/h9,12-14,16-18,20,23,26,34-35H,8,10-11,15H2,1-7H3/t23-,26+,33+/m0/s1. The number of benzene rings is 2. The van der Waals surface area contributed by atoms with Gasteiger partial charge < -0.3 is 14.8 Å². The van der Waals surface area contributed by atoms with E-state index < -0.39 is 0 Å². The van der Waals surface area contributed by atoms with Gasteiger partial charge in [-0.25, -0.2) is 0 Å². The molecule has 0 unspecified atom stereocenters. The lowest BCUT2D eigenvalue weighted by atomic mass is 9.71. The highest BCUT2D eigenvalue weighted by molar-refractivity contribution is 6.12. The summed E-state index contributed by atoms with van der Waals surface area (Å²) in [5, 5.41) is 13.5. The Morgan fingerprint density at radius 2 is 1.97 bits per heavy atom. The minimum atomic E-state index is -0.318. The first-order valence-electron chi connectivity index (χ1n) is 13.6. The molecule has 1 aliphatic carbocycles. The predicted molar refractivity (Wildman–Crippen MR) is 153 cm³/mol. The Morgan fingerprint density at radius 1 is 1.19 bits per heavy atom. The van der Waals surface area contributed by atoms with Crippen molar-refractivity contribution >= 4 is 27.9 Å². The highest BCUT2D eigenvalue weighted by Gasteiger charge is 2.33. The Hall–Kier alpha value is -2.94. The summed E-state index contributed by atoms with van der Waals surface area (Å²) in [4.78, 5) is 3.77. The number of aromatic nitrogens is 1. The molecule has 0 fully saturated rings. The molecule has 3 nitrogen and oxygen atoms in total. The van der Waals surface area contributed by atoms with Gasteiger partial charge in [0.15, 0.2) is 0 Å². The van der Waals surface area contributed by atoms with Gasteiger partial charge >= 0.3 is 0 Å². The average Bonchev–Trinajstić information content (AvgIpc) is 3.16. The molecule has 3 heteroatoms. The molecule has 1 aromatic heterocycles. The lowest BCUT2D eigenvalue weighted by molar-refractivity contribution is 0.128. The van der Waals surface area contributed by atoms with E-state index in [2.05, 4.69) is 89.9 Å². The number of aromatic amines is 1. The lowest BCUT2D eigenvalue weighted by Gasteiger charge is -2.33. The number of allylic oxidation sites excluding steroid dienone is 4. The highest BCUT2D eigenvalue weighted by atomic mass is 16.5. The van der Waals surface area contributed by atoms with Gasteiger partial charge in [0.2, 0.25) is 0 Å². The molecule has 0 saturated heterocycles. The maximum atomic E-state index is 11.2. The van der Waals surface area contributed by atoms with E-state index in [4.69, 9.17) is 4.74 Å². The van der Waals surface area contributed by atoms with Crippen LogP contribution < -0.4 is 4.74 Å². The molecule has 2 aromatic carbocycles. The van der Waals surface area contributed by atoms with Gasteiger partial charge in [-0.05, 0) is 108 Å². The Morgan fingerprint density at radius 3 is 2.69 bits per heavy atom. The quantitative estimate of drug-likeness (QED) is 0.355. The second-order valence-electron chi connectivity index (χ2n) is 12.0. The van der Waals surface area contributed by atoms with Crippen molar-refractivity contribution in [3.05, 3.63) is 64.3 Å². The van der Waals surface area contributed by atoms with Gasteiger partial charge in [0, 0.05) is 27.8 Å². The molecular formula is C33H41NO2. The molecule has 0 spiro atoms. The van der Waals surface area contributed by atoms with Crippen LogP contribution in [0.15, 0.2) is 47.6 Å². The smallest absolute Gasteiger partial charge is 0.132 e. The molecule has 3 aromatic rings. The zero-order chi connectivity index (χ0) is 25.8. The number of H-pyrrole nitrogens is 1. The van der Waals surface area contributed by atoms with E-state index in [1.165, 1.54) is 21.9 Å². The zero-order valence-electron chi connectivity index (χ0n) is 23.0. The predicted octanol–water partition coefficient (Wildman–Crippen LogP) is 9.34. The van der Waals surface area contributed by atoms with Crippen LogP contribution in [-0.2, 0) is 0 Å². The fourth-order valence-corrected chi connectivity index (χ4v) is 6.34. The van der Waals surface area contributed by atoms with Crippen LogP contribution in [0.5, 0.6) is 11.5 Å². The van der Waals surface area contributed by atoms with Gasteiger partial charge in [-0.15, -0.1) is 0 Å². The van der Waals surface area contributed by atoms with Crippen molar-refractivity contribution < 1.29 is 9.84 Å². The highest BCUT2D eigenvalue weighted by Crippen LogP contribution is 2.48. The van der Waals surface area contributed by atoms with Gasteiger partial charge in [-0.1, -0.05) is 37.1 Å². The number of aryl methyl sites for hydroxylation is 1. The third kappa shape index (κ3) is 4.27. The van der Waals surface area contributed by atoms with Crippen molar-refractivity contribution in [1.29, 1.82) is 0 Å². The van der Waals surface area contributed by atoms with E-state index >= 15 is 0 Å². The van der Waals surface area contributed by atoms with Crippen molar-refractivity contribution in [3.8, 4) is 11.5 Å². The molecule has 190 valence electrons. The average molecular weight is 484 g/mol. The van der Waals surface area contributed by atoms with Crippen LogP contribution in [0, 0.1) is 18.8 Å². The molecule has 0 amide bonds. The first kappa shape index (κ1) is 24.7. The number of nitrogens with one attached hydrogen (secondary N) is 1. The summed E-state index contributed by atoms with van der Waals surface area (Å²) in [5.74, 6) is 2.62. The first-order valence-corrected chi connectivity index (χ1v) is 13.6. The van der Waals surface area contributed by atoms with E-state index in [-0.39, 0.29) is 11.5 Å². The van der Waals surface area contributed by atoms with Crippen molar-refractivity contribution in [2.75, 3.05) is 0 Å². The first-order chi connectivity index (χ1) is 17.1. The molecule has 2 heterocycles. The molecule has 3 atom stereocenters. The molecule has 0 bridgehead atoms. The Kier molecular flexibility index (Phi) is 6.31. The number of ether oxygens (including phenoxy) is 1. The minimum absolute atomic E-state index is 0.206. The largest absolute Gasteiger partial charge is 0.508 e. The van der Waals surface area contributed by atoms with Crippen LogP contribution in [0.1, 0.15) is 89.8 Å². The summed E-state index contributed by atoms with van der Waals surface area (Å²) in [7, 11) is 0. The van der Waals surface area contributed by atoms with Crippen LogP contribution in [-0.4, -0.2) is 15.7 Å². The summed E-state index contributed by atoms with van der Waals surface area (Å²) in [6, 6.07) is 6.21. The number of phenolic OH excluding ortho intramolecular Hbond substituents is 1. The maximum Gasteiger partial charge on any atom is 0.132 e. The topological polar surface area (TPSA) is 45.2 Å². The number of hydrogen-bond acceptors (Lipinski definition) is 2. The van der Waals surface area contributed by atoms with Crippen LogP contribution in [0.25, 0.3) is 27.9 Å². The summed E-state index contributed by atoms with van der Waals surface area (Å²) >= 11 is 0. The van der Waals surface area contributed by atoms with Crippen LogP contribution >= 0.6 is 0 Å². The van der Waals surface area contributed by atoms with E-state index in [1.807, 2.05) is 6.07 Å². The molecular weight excluding hydrogens is 442 g/mol. The van der Waals surface area contributed by atoms with E-state index in [0.29, 0.717) is 17.6 Å². The number of rotatable bonds is 5. The maximum absolute atomic E-state index is 11.2. The summed E-state index contributed by atoms with van der Waals surface area (Å²) in [5.41, 5.74) is 7.91. The monoisotopic (exact) mass is 483 g/mol. The second-order valence-corrected chi connectivity index (χ2v) is 12.0. The van der Waals surface area contributed by atoms with E-state index in [0.717, 1.165) is 59.2 Å². The van der Waals surface area contributed by atoms with Gasteiger partial charge in [0.05, 0.1) is 11.0 Å². The normalized spacial score (nSPS) is 23.6. The van der Waals surface area contributed by atoms with Gasteiger partial charge in [-0.3, -0.25) is 0 Å². The Balaban J connectivity index is 1.66. The Bertz CT molecular complexity index is 1410. The molecule has 1 aliphatic heterocycles. The minimum Gasteiger partial charge on any atom is -0.508 e. The van der Waals surface area contributed by atoms with Gasteiger partial charge in [0.1, 0.15) is 17.1 Å². The van der Waals surface area contributed by atoms with Crippen molar-refractivity contribution in [2.45, 2.75) is 85.7 Å². The van der Waals surface area contributed by atoms with Crippen LogP contribution in [0.4, 0.5) is 0 Å². The number of phenols is 1. The van der Waals surface area contributed by atoms with Crippen molar-refractivity contribution in [2.24, 2.45) is 11.8 Å². The third-order valence-electron chi connectivity index (χ3n) is 8.38. The van der Waals surface area contributed by atoms with Gasteiger partial charge in [-0.2, -0.15) is 0 Å². The number of hydrogen-bond donors (Lipinski definition) is 2. The number of fused-ring (bicyclic) bond motifs is 5. The van der Waals surface area contributed by atoms with Crippen molar-refractivity contribution in [1.82, 2.24) is 4.98 Å². The summed E-state index contributed by atoms with van der Waals surface area (Å²) < 4.78 is 6.67. The fraction of sp³-hybridized carbons (Fsp3) is 0.455. The summed E-state index contributed by atoms with van der Waals surface area (Å²) in [6.07, 6.45) is 13.4. The molecule has 2 N–H and O–H groups in total. The Labute approximate surface area is 215 Å². The fourth-order valence-electron chi connectivity index (χ4n) is 6.34. The lowest BCUT2D eigenvalue weighted by Crippen LogP contribution is -2.32. The van der Waals surface area contributed by atoms with Crippen molar-refractivity contribution in [3.63, 3.8) is 0 Å². The number of aromatic hydroxyl groups is 1. The second kappa shape index (κ2) is 9.18. The van der Waals surface area contributed by atoms with Gasteiger partial charge in [0.25, 0.3) is 0 Å². The van der Waals surface area contributed by atoms with E-state index in [1.54, 1.807) is 0 Å². The van der Waals surface area contributed by atoms with Crippen LogP contribution in [0.3, 0.4) is 0 Å². The molecule has 2 aliphatic rings. The van der Waals surface area contributed by atoms with E-state index in [9.17, 15) is 5.11 Å². The SMILES string of the molecule is CC(C)=CCC[C@]1(C)C=Cc2c(c(C)cc3c2[nH]c2c([C@@H]4C=C(C)CC[C@H]4C(C)C)c(O)ccc23)O1. The third-order valence-corrected chi connectivity index (χ3v) is 8.38.